The number of hydrogen-bond acceptors (Lipinski definition) is 4. The van der Waals surface area contributed by atoms with E-state index < -0.39 is 10.1 Å². The van der Waals surface area contributed by atoms with E-state index in [0.717, 1.165) is 29.6 Å². The quantitative estimate of drug-likeness (QED) is 0.775. The molecule has 0 fully saturated rings. The van der Waals surface area contributed by atoms with Crippen LogP contribution in [-0.4, -0.2) is 20.3 Å². The molecule has 5 heteroatoms. The van der Waals surface area contributed by atoms with Crippen LogP contribution in [0.3, 0.4) is 0 Å². The molecule has 0 saturated heterocycles. The summed E-state index contributed by atoms with van der Waals surface area (Å²) in [5.74, 6) is 0.765. The normalized spacial score (nSPS) is 17.6. The molecule has 0 N–H and O–H groups in total. The number of benzene rings is 1. The van der Waals surface area contributed by atoms with Crippen molar-refractivity contribution in [2.24, 2.45) is 0 Å². The van der Waals surface area contributed by atoms with Crippen LogP contribution in [-0.2, 0) is 27.3 Å². The number of ether oxygens (including phenoxy) is 1. The van der Waals surface area contributed by atoms with Crippen molar-refractivity contribution in [2.45, 2.75) is 32.5 Å². The summed E-state index contributed by atoms with van der Waals surface area (Å²) < 4.78 is 32.6. The smallest absolute Gasteiger partial charge is 0.264 e. The van der Waals surface area contributed by atoms with E-state index in [-0.39, 0.29) is 12.2 Å². The second kappa shape index (κ2) is 3.99. The molecular formula is C12H16O4S. The summed E-state index contributed by atoms with van der Waals surface area (Å²) in [5.41, 5.74) is 1.65. The van der Waals surface area contributed by atoms with Crippen LogP contribution in [0.5, 0.6) is 5.75 Å². The van der Waals surface area contributed by atoms with Gasteiger partial charge in [0.05, 0.1) is 12.9 Å². The highest BCUT2D eigenvalue weighted by atomic mass is 32.2. The first-order chi connectivity index (χ1) is 7.77. The van der Waals surface area contributed by atoms with Crippen LogP contribution in [0.1, 0.15) is 25.0 Å². The highest BCUT2D eigenvalue weighted by molar-refractivity contribution is 7.85. The molecule has 0 amide bonds. The van der Waals surface area contributed by atoms with Crippen molar-refractivity contribution in [1.29, 1.82) is 0 Å². The Morgan fingerprint density at radius 3 is 2.76 bits per heavy atom. The zero-order valence-electron chi connectivity index (χ0n) is 10.2. The average Bonchev–Trinajstić information content (AvgIpc) is 2.47. The van der Waals surface area contributed by atoms with Gasteiger partial charge in [0.25, 0.3) is 10.1 Å². The summed E-state index contributed by atoms with van der Waals surface area (Å²) in [6.07, 6.45) is 1.87. The highest BCUT2D eigenvalue weighted by Gasteiger charge is 2.31. The van der Waals surface area contributed by atoms with Gasteiger partial charge in [-0.3, -0.25) is 4.18 Å². The molecule has 1 aromatic rings. The average molecular weight is 256 g/mol. The molecule has 1 aromatic carbocycles. The van der Waals surface area contributed by atoms with Crippen LogP contribution < -0.4 is 4.74 Å². The molecule has 0 unspecified atom stereocenters. The molecule has 1 aliphatic heterocycles. The fraction of sp³-hybridized carbons (Fsp3) is 0.500. The van der Waals surface area contributed by atoms with E-state index in [1.54, 1.807) is 0 Å². The second-order valence-corrected chi connectivity index (χ2v) is 6.55. The van der Waals surface area contributed by atoms with Gasteiger partial charge < -0.3 is 4.74 Å². The summed E-state index contributed by atoms with van der Waals surface area (Å²) in [5, 5.41) is 0. The van der Waals surface area contributed by atoms with E-state index in [2.05, 4.69) is 0 Å². The molecule has 0 aromatic heterocycles. The van der Waals surface area contributed by atoms with Gasteiger partial charge in [-0.2, -0.15) is 8.42 Å². The third kappa shape index (κ3) is 2.98. The molecule has 1 heterocycles. The Morgan fingerprint density at radius 1 is 1.41 bits per heavy atom. The Kier molecular flexibility index (Phi) is 2.91. The highest BCUT2D eigenvalue weighted by Crippen LogP contribution is 2.37. The lowest BCUT2D eigenvalue weighted by molar-refractivity contribution is 0.135. The van der Waals surface area contributed by atoms with Crippen molar-refractivity contribution < 1.29 is 17.3 Å². The van der Waals surface area contributed by atoms with Crippen molar-refractivity contribution in [3.8, 4) is 5.75 Å². The zero-order chi connectivity index (χ0) is 12.7. The summed E-state index contributed by atoms with van der Waals surface area (Å²) in [6.45, 7) is 4.04. The molecule has 0 radical (unpaired) electrons. The summed E-state index contributed by atoms with van der Waals surface area (Å²) >= 11 is 0. The molecule has 0 aliphatic carbocycles. The lowest BCUT2D eigenvalue weighted by atomic mass is 10.0. The number of para-hydroxylation sites is 1. The van der Waals surface area contributed by atoms with Gasteiger partial charge in [0.15, 0.2) is 0 Å². The minimum absolute atomic E-state index is 0.0259. The number of rotatable bonds is 3. The maximum atomic E-state index is 11.0. The van der Waals surface area contributed by atoms with Crippen molar-refractivity contribution in [3.63, 3.8) is 0 Å². The molecule has 0 bridgehead atoms. The molecule has 94 valence electrons. The largest absolute Gasteiger partial charge is 0.487 e. The molecule has 2 rings (SSSR count). The van der Waals surface area contributed by atoms with Gasteiger partial charge in [-0.25, -0.2) is 0 Å². The fourth-order valence-electron chi connectivity index (χ4n) is 1.96. The van der Waals surface area contributed by atoms with Gasteiger partial charge in [0.2, 0.25) is 0 Å². The predicted molar refractivity (Wildman–Crippen MR) is 64.5 cm³/mol. The minimum Gasteiger partial charge on any atom is -0.487 e. The first kappa shape index (κ1) is 12.4. The number of hydrogen-bond donors (Lipinski definition) is 0. The summed E-state index contributed by atoms with van der Waals surface area (Å²) in [4.78, 5) is 0. The predicted octanol–water partition coefficient (Wildman–Crippen LogP) is 1.88. The van der Waals surface area contributed by atoms with Gasteiger partial charge >= 0.3 is 0 Å². The summed E-state index contributed by atoms with van der Waals surface area (Å²) in [7, 11) is -3.42. The SMILES string of the molecule is CC1(C)Cc2cccc(COS(C)(=O)=O)c2O1. The zero-order valence-corrected chi connectivity index (χ0v) is 11.0. The maximum Gasteiger partial charge on any atom is 0.264 e. The van der Waals surface area contributed by atoms with E-state index in [9.17, 15) is 8.42 Å². The Labute approximate surface area is 102 Å². The molecule has 0 saturated carbocycles. The maximum absolute atomic E-state index is 11.0. The Hall–Kier alpha value is -1.07. The van der Waals surface area contributed by atoms with Gasteiger partial charge in [0.1, 0.15) is 11.4 Å². The molecular weight excluding hydrogens is 240 g/mol. The van der Waals surface area contributed by atoms with Crippen LogP contribution >= 0.6 is 0 Å². The lowest BCUT2D eigenvalue weighted by Gasteiger charge is -2.18. The van der Waals surface area contributed by atoms with Crippen LogP contribution in [0.4, 0.5) is 0 Å². The Morgan fingerprint density at radius 2 is 2.12 bits per heavy atom. The minimum atomic E-state index is -3.42. The third-order valence-corrected chi connectivity index (χ3v) is 3.15. The van der Waals surface area contributed by atoms with Crippen molar-refractivity contribution in [2.75, 3.05) is 6.26 Å². The second-order valence-electron chi connectivity index (χ2n) is 4.91. The lowest BCUT2D eigenvalue weighted by Crippen LogP contribution is -2.24. The van der Waals surface area contributed by atoms with Crippen LogP contribution in [0.15, 0.2) is 18.2 Å². The van der Waals surface area contributed by atoms with E-state index in [0.29, 0.717) is 0 Å². The van der Waals surface area contributed by atoms with Gasteiger partial charge in [0, 0.05) is 12.0 Å². The van der Waals surface area contributed by atoms with Crippen LogP contribution in [0.2, 0.25) is 0 Å². The first-order valence-corrected chi connectivity index (χ1v) is 7.23. The van der Waals surface area contributed by atoms with Gasteiger partial charge in [-0.05, 0) is 19.4 Å². The molecule has 1 aliphatic rings. The molecule has 0 spiro atoms. The Balaban J connectivity index is 2.24. The topological polar surface area (TPSA) is 52.6 Å². The number of fused-ring (bicyclic) bond motifs is 1. The van der Waals surface area contributed by atoms with E-state index in [1.807, 2.05) is 32.0 Å². The Bertz CT molecular complexity index is 531. The van der Waals surface area contributed by atoms with Crippen molar-refractivity contribution >= 4 is 10.1 Å². The molecule has 4 nitrogen and oxygen atoms in total. The molecule has 17 heavy (non-hydrogen) atoms. The van der Waals surface area contributed by atoms with Gasteiger partial charge in [-0.1, -0.05) is 18.2 Å². The molecule has 0 atom stereocenters. The van der Waals surface area contributed by atoms with Crippen LogP contribution in [0.25, 0.3) is 0 Å². The third-order valence-electron chi connectivity index (χ3n) is 2.60. The van der Waals surface area contributed by atoms with Crippen molar-refractivity contribution in [3.05, 3.63) is 29.3 Å². The summed E-state index contributed by atoms with van der Waals surface area (Å²) in [6, 6.07) is 5.71. The van der Waals surface area contributed by atoms with E-state index in [1.165, 1.54) is 0 Å². The van der Waals surface area contributed by atoms with E-state index >= 15 is 0 Å². The van der Waals surface area contributed by atoms with Crippen LogP contribution in [0, 0.1) is 0 Å². The fourth-order valence-corrected chi connectivity index (χ4v) is 2.30. The standard InChI is InChI=1S/C12H16O4S/c1-12(2)7-9-5-4-6-10(11(9)16-12)8-15-17(3,13)14/h4-6H,7-8H2,1-3H3. The van der Waals surface area contributed by atoms with Gasteiger partial charge in [-0.15, -0.1) is 0 Å². The van der Waals surface area contributed by atoms with Crippen molar-refractivity contribution in [1.82, 2.24) is 0 Å². The monoisotopic (exact) mass is 256 g/mol. The van der Waals surface area contributed by atoms with E-state index in [4.69, 9.17) is 8.92 Å². The first-order valence-electron chi connectivity index (χ1n) is 5.41.